The largest absolute Gasteiger partial charge is 0.346 e. The van der Waals surface area contributed by atoms with Gasteiger partial charge in [0.2, 0.25) is 0 Å². The zero-order valence-electron chi connectivity index (χ0n) is 13.2. The number of hydrogen-bond donors (Lipinski definition) is 1. The smallest absolute Gasteiger partial charge is 0.322 e. The highest BCUT2D eigenvalue weighted by Gasteiger charge is 2.26. The van der Waals surface area contributed by atoms with Gasteiger partial charge < -0.3 is 5.32 Å². The van der Waals surface area contributed by atoms with Gasteiger partial charge >= 0.3 is 11.4 Å². The Hall–Kier alpha value is -3.29. The lowest BCUT2D eigenvalue weighted by atomic mass is 9.90. The van der Waals surface area contributed by atoms with Gasteiger partial charge in [0.1, 0.15) is 0 Å². The number of fused-ring (bicyclic) bond motifs is 1. The van der Waals surface area contributed by atoms with Crippen molar-refractivity contribution in [1.29, 1.82) is 0 Å². The van der Waals surface area contributed by atoms with Gasteiger partial charge in [-0.2, -0.15) is 0 Å². The third-order valence-electron chi connectivity index (χ3n) is 4.28. The van der Waals surface area contributed by atoms with Gasteiger partial charge in [-0.15, -0.1) is 0 Å². The molecule has 0 atom stereocenters. The Labute approximate surface area is 142 Å². The van der Waals surface area contributed by atoms with E-state index < -0.39 is 27.1 Å². The maximum atomic E-state index is 12.5. The Morgan fingerprint density at radius 3 is 2.40 bits per heavy atom. The number of nitro groups is 2. The van der Waals surface area contributed by atoms with E-state index in [0.29, 0.717) is 5.69 Å². The number of nitrogens with one attached hydrogen (secondary N) is 1. The summed E-state index contributed by atoms with van der Waals surface area (Å²) in [6, 6.07) is 8.81. The average molecular weight is 341 g/mol. The van der Waals surface area contributed by atoms with Crippen molar-refractivity contribution in [3.8, 4) is 0 Å². The summed E-state index contributed by atoms with van der Waals surface area (Å²) in [5, 5.41) is 24.6. The summed E-state index contributed by atoms with van der Waals surface area (Å²) in [6.45, 7) is 0. The second-order valence-corrected chi connectivity index (χ2v) is 5.82. The molecule has 0 heterocycles. The third kappa shape index (κ3) is 3.32. The number of hydrogen-bond acceptors (Lipinski definition) is 5. The van der Waals surface area contributed by atoms with Crippen molar-refractivity contribution in [1.82, 2.24) is 0 Å². The molecule has 25 heavy (non-hydrogen) atoms. The Morgan fingerprint density at radius 2 is 1.68 bits per heavy atom. The predicted octanol–water partition coefficient (Wildman–Crippen LogP) is 3.63. The van der Waals surface area contributed by atoms with Gasteiger partial charge in [-0.05, 0) is 48.9 Å². The normalized spacial score (nSPS) is 13.0. The first kappa shape index (κ1) is 16.6. The highest BCUT2D eigenvalue weighted by Crippen LogP contribution is 2.30. The number of carbonyl (C=O) groups is 1. The van der Waals surface area contributed by atoms with Gasteiger partial charge in [-0.25, -0.2) is 0 Å². The van der Waals surface area contributed by atoms with Crippen LogP contribution in [0.3, 0.4) is 0 Å². The van der Waals surface area contributed by atoms with Crippen LogP contribution >= 0.6 is 0 Å². The molecule has 0 aromatic heterocycles. The Bertz CT molecular complexity index is 879. The molecule has 8 nitrogen and oxygen atoms in total. The Morgan fingerprint density at radius 1 is 0.960 bits per heavy atom. The molecule has 0 fully saturated rings. The predicted molar refractivity (Wildman–Crippen MR) is 90.8 cm³/mol. The molecule has 0 spiro atoms. The summed E-state index contributed by atoms with van der Waals surface area (Å²) in [7, 11) is 0. The van der Waals surface area contributed by atoms with E-state index in [4.69, 9.17) is 0 Å². The number of carbonyl (C=O) groups excluding carboxylic acids is 1. The number of nitrogens with zero attached hydrogens (tertiary/aromatic N) is 2. The van der Waals surface area contributed by atoms with Crippen LogP contribution in [0.4, 0.5) is 17.1 Å². The summed E-state index contributed by atoms with van der Waals surface area (Å²) in [5.41, 5.74) is 1.62. The highest BCUT2D eigenvalue weighted by atomic mass is 16.6. The highest BCUT2D eigenvalue weighted by molar-refractivity contribution is 6.05. The van der Waals surface area contributed by atoms with E-state index in [0.717, 1.165) is 43.4 Å². The zero-order chi connectivity index (χ0) is 18.0. The second-order valence-electron chi connectivity index (χ2n) is 5.82. The van der Waals surface area contributed by atoms with Crippen molar-refractivity contribution in [3.63, 3.8) is 0 Å². The average Bonchev–Trinajstić information content (AvgIpc) is 2.61. The SMILES string of the molecule is O=C(Nc1cccc2c1CCCC2)c1ccc([N+](=O)[O-])c([N+](=O)[O-])c1. The molecule has 3 rings (SSSR count). The lowest BCUT2D eigenvalue weighted by molar-refractivity contribution is -0.422. The van der Waals surface area contributed by atoms with E-state index in [-0.39, 0.29) is 5.56 Å². The van der Waals surface area contributed by atoms with Crippen molar-refractivity contribution < 1.29 is 14.6 Å². The Balaban J connectivity index is 1.91. The minimum Gasteiger partial charge on any atom is -0.322 e. The summed E-state index contributed by atoms with van der Waals surface area (Å²) in [5.74, 6) is -0.531. The minimum atomic E-state index is -0.862. The first-order chi connectivity index (χ1) is 12.0. The fourth-order valence-electron chi connectivity index (χ4n) is 3.06. The molecule has 8 heteroatoms. The lowest BCUT2D eigenvalue weighted by Gasteiger charge is -2.19. The number of benzene rings is 2. The van der Waals surface area contributed by atoms with Crippen molar-refractivity contribution in [2.75, 3.05) is 5.32 Å². The fourth-order valence-corrected chi connectivity index (χ4v) is 3.06. The van der Waals surface area contributed by atoms with Crippen molar-refractivity contribution in [3.05, 3.63) is 73.3 Å². The van der Waals surface area contributed by atoms with Crippen molar-refractivity contribution >= 4 is 23.0 Å². The molecule has 0 aliphatic heterocycles. The summed E-state index contributed by atoms with van der Waals surface area (Å²) < 4.78 is 0. The molecule has 1 aliphatic rings. The maximum Gasteiger partial charge on any atom is 0.346 e. The van der Waals surface area contributed by atoms with E-state index >= 15 is 0 Å². The molecule has 0 saturated heterocycles. The number of rotatable bonds is 4. The fraction of sp³-hybridized carbons (Fsp3) is 0.235. The molecular formula is C17H15N3O5. The number of anilines is 1. The molecule has 0 bridgehead atoms. The van der Waals surface area contributed by atoms with Crippen LogP contribution in [0.1, 0.15) is 34.3 Å². The van der Waals surface area contributed by atoms with E-state index in [1.807, 2.05) is 12.1 Å². The van der Waals surface area contributed by atoms with E-state index in [2.05, 4.69) is 5.32 Å². The molecule has 0 unspecified atom stereocenters. The molecule has 2 aromatic rings. The molecule has 128 valence electrons. The lowest BCUT2D eigenvalue weighted by Crippen LogP contribution is -2.15. The summed E-state index contributed by atoms with van der Waals surface area (Å²) in [4.78, 5) is 32.6. The van der Waals surface area contributed by atoms with E-state index in [9.17, 15) is 25.0 Å². The molecular weight excluding hydrogens is 326 g/mol. The van der Waals surface area contributed by atoms with E-state index in [1.54, 1.807) is 6.07 Å². The third-order valence-corrected chi connectivity index (χ3v) is 4.28. The van der Waals surface area contributed by atoms with Crippen LogP contribution in [0, 0.1) is 20.2 Å². The van der Waals surface area contributed by atoms with Crippen LogP contribution in [0.2, 0.25) is 0 Å². The van der Waals surface area contributed by atoms with Crippen LogP contribution in [0.25, 0.3) is 0 Å². The van der Waals surface area contributed by atoms with Crippen LogP contribution in [-0.4, -0.2) is 15.8 Å². The Kier molecular flexibility index (Phi) is 4.42. The number of nitro benzene ring substituents is 2. The van der Waals surface area contributed by atoms with Crippen LogP contribution in [0.15, 0.2) is 36.4 Å². The van der Waals surface area contributed by atoms with Gasteiger partial charge in [0.05, 0.1) is 9.85 Å². The maximum absolute atomic E-state index is 12.5. The van der Waals surface area contributed by atoms with Crippen LogP contribution in [-0.2, 0) is 12.8 Å². The standard InChI is InChI=1S/C17H15N3O5/c21-17(12-8-9-15(19(22)23)16(10-12)20(24)25)18-14-7-3-5-11-4-1-2-6-13(11)14/h3,5,7-10H,1-2,4,6H2,(H,18,21). The van der Waals surface area contributed by atoms with Gasteiger partial charge in [0.15, 0.2) is 0 Å². The summed E-state index contributed by atoms with van der Waals surface area (Å²) >= 11 is 0. The van der Waals surface area contributed by atoms with Gasteiger partial charge in [0.25, 0.3) is 5.91 Å². The van der Waals surface area contributed by atoms with Crippen LogP contribution < -0.4 is 5.32 Å². The second kappa shape index (κ2) is 6.68. The minimum absolute atomic E-state index is 0.00529. The monoisotopic (exact) mass is 341 g/mol. The van der Waals surface area contributed by atoms with Crippen LogP contribution in [0.5, 0.6) is 0 Å². The number of amides is 1. The topological polar surface area (TPSA) is 115 Å². The molecule has 2 aromatic carbocycles. The van der Waals surface area contributed by atoms with Gasteiger partial charge in [0, 0.05) is 23.4 Å². The summed E-state index contributed by atoms with van der Waals surface area (Å²) in [6.07, 6.45) is 3.98. The van der Waals surface area contributed by atoms with Gasteiger partial charge in [-0.3, -0.25) is 25.0 Å². The van der Waals surface area contributed by atoms with Crippen molar-refractivity contribution in [2.24, 2.45) is 0 Å². The first-order valence-electron chi connectivity index (χ1n) is 7.82. The molecule has 1 amide bonds. The zero-order valence-corrected chi connectivity index (χ0v) is 13.2. The van der Waals surface area contributed by atoms with Crippen molar-refractivity contribution in [2.45, 2.75) is 25.7 Å². The van der Waals surface area contributed by atoms with Gasteiger partial charge in [-0.1, -0.05) is 12.1 Å². The number of aryl methyl sites for hydroxylation is 1. The molecule has 0 saturated carbocycles. The first-order valence-corrected chi connectivity index (χ1v) is 7.82. The quantitative estimate of drug-likeness (QED) is 0.673. The van der Waals surface area contributed by atoms with E-state index in [1.165, 1.54) is 11.6 Å². The molecule has 1 N–H and O–H groups in total. The molecule has 1 aliphatic carbocycles. The molecule has 0 radical (unpaired) electrons.